The van der Waals surface area contributed by atoms with E-state index in [1.54, 1.807) is 0 Å². The molecule has 0 aliphatic rings. The number of hydrogen-bond donors (Lipinski definition) is 1. The molecule has 4 nitrogen and oxygen atoms in total. The van der Waals surface area contributed by atoms with Gasteiger partial charge in [0.1, 0.15) is 5.75 Å². The molecule has 0 saturated carbocycles. The van der Waals surface area contributed by atoms with Crippen LogP contribution in [0.4, 0.5) is 0 Å². The van der Waals surface area contributed by atoms with Gasteiger partial charge in [0, 0.05) is 18.5 Å². The van der Waals surface area contributed by atoms with Gasteiger partial charge in [0.25, 0.3) is 0 Å². The third kappa shape index (κ3) is 6.57. The van der Waals surface area contributed by atoms with Crippen molar-refractivity contribution in [3.63, 3.8) is 0 Å². The van der Waals surface area contributed by atoms with Gasteiger partial charge in [-0.25, -0.2) is 0 Å². The molecule has 112 valence electrons. The van der Waals surface area contributed by atoms with Crippen LogP contribution in [0.5, 0.6) is 5.75 Å². The Labute approximate surface area is 121 Å². The van der Waals surface area contributed by atoms with Gasteiger partial charge in [-0.1, -0.05) is 18.2 Å². The van der Waals surface area contributed by atoms with Gasteiger partial charge in [0.15, 0.2) is 0 Å². The number of rotatable bonds is 10. The molecule has 0 heterocycles. The van der Waals surface area contributed by atoms with Crippen LogP contribution in [-0.2, 0) is 16.1 Å². The molecule has 1 aromatic carbocycles. The molecule has 0 saturated heterocycles. The Morgan fingerprint density at radius 3 is 2.75 bits per heavy atom. The van der Waals surface area contributed by atoms with Crippen molar-refractivity contribution in [2.45, 2.75) is 39.2 Å². The van der Waals surface area contributed by atoms with Gasteiger partial charge < -0.3 is 14.8 Å². The summed E-state index contributed by atoms with van der Waals surface area (Å²) >= 11 is 0. The zero-order valence-corrected chi connectivity index (χ0v) is 12.5. The van der Waals surface area contributed by atoms with Crippen LogP contribution in [0.1, 0.15) is 38.2 Å². The van der Waals surface area contributed by atoms with Crippen LogP contribution in [0, 0.1) is 0 Å². The first-order chi connectivity index (χ1) is 9.77. The molecule has 1 aromatic rings. The maximum Gasteiger partial charge on any atom is 0.305 e. The van der Waals surface area contributed by atoms with Crippen LogP contribution in [0.2, 0.25) is 0 Å². The van der Waals surface area contributed by atoms with Gasteiger partial charge in [-0.2, -0.15) is 0 Å². The van der Waals surface area contributed by atoms with E-state index in [1.165, 1.54) is 5.56 Å². The average molecular weight is 279 g/mol. The van der Waals surface area contributed by atoms with Crippen molar-refractivity contribution in [1.82, 2.24) is 5.32 Å². The molecule has 0 bridgehead atoms. The Kier molecular flexibility index (Phi) is 8.47. The number of ether oxygens (including phenoxy) is 2. The number of esters is 1. The van der Waals surface area contributed by atoms with Gasteiger partial charge in [0.05, 0.1) is 13.2 Å². The van der Waals surface area contributed by atoms with Gasteiger partial charge in [-0.05, 0) is 39.3 Å². The van der Waals surface area contributed by atoms with Crippen molar-refractivity contribution >= 4 is 5.97 Å². The van der Waals surface area contributed by atoms with Gasteiger partial charge in [0.2, 0.25) is 0 Å². The van der Waals surface area contributed by atoms with Crippen molar-refractivity contribution in [2.24, 2.45) is 0 Å². The molecular formula is C16H25NO3. The Morgan fingerprint density at radius 2 is 2.00 bits per heavy atom. The SMILES string of the molecule is CCOC(=O)CCCCCOc1ccccc1CNC. The van der Waals surface area contributed by atoms with E-state index in [1.807, 2.05) is 32.2 Å². The second-order valence-electron chi connectivity index (χ2n) is 4.60. The van der Waals surface area contributed by atoms with Crippen LogP contribution < -0.4 is 10.1 Å². The fraction of sp³-hybridized carbons (Fsp3) is 0.562. The predicted octanol–water partition coefficient (Wildman–Crippen LogP) is 2.91. The fourth-order valence-electron chi connectivity index (χ4n) is 1.94. The largest absolute Gasteiger partial charge is 0.493 e. The third-order valence-corrected chi connectivity index (χ3v) is 2.93. The van der Waals surface area contributed by atoms with E-state index in [0.29, 0.717) is 19.6 Å². The van der Waals surface area contributed by atoms with Crippen molar-refractivity contribution in [3.8, 4) is 5.75 Å². The number of hydrogen-bond acceptors (Lipinski definition) is 4. The summed E-state index contributed by atoms with van der Waals surface area (Å²) in [7, 11) is 1.92. The lowest BCUT2D eigenvalue weighted by Crippen LogP contribution is -2.08. The highest BCUT2D eigenvalue weighted by atomic mass is 16.5. The number of carbonyl (C=O) groups is 1. The van der Waals surface area contributed by atoms with Crippen LogP contribution in [-0.4, -0.2) is 26.2 Å². The second-order valence-corrected chi connectivity index (χ2v) is 4.60. The molecule has 4 heteroatoms. The summed E-state index contributed by atoms with van der Waals surface area (Å²) in [6, 6.07) is 8.05. The summed E-state index contributed by atoms with van der Waals surface area (Å²) in [6.07, 6.45) is 3.30. The van der Waals surface area contributed by atoms with Crippen LogP contribution >= 0.6 is 0 Å². The minimum absolute atomic E-state index is 0.104. The smallest absolute Gasteiger partial charge is 0.305 e. The Morgan fingerprint density at radius 1 is 1.20 bits per heavy atom. The van der Waals surface area contributed by atoms with E-state index < -0.39 is 0 Å². The highest BCUT2D eigenvalue weighted by Gasteiger charge is 2.03. The minimum atomic E-state index is -0.104. The number of unbranched alkanes of at least 4 members (excludes halogenated alkanes) is 2. The fourth-order valence-corrected chi connectivity index (χ4v) is 1.94. The maximum absolute atomic E-state index is 11.2. The van der Waals surface area contributed by atoms with E-state index in [4.69, 9.17) is 9.47 Å². The Bertz CT molecular complexity index is 393. The Hall–Kier alpha value is -1.55. The van der Waals surface area contributed by atoms with Crippen molar-refractivity contribution < 1.29 is 14.3 Å². The van der Waals surface area contributed by atoms with Gasteiger partial charge in [-0.3, -0.25) is 4.79 Å². The number of benzene rings is 1. The Balaban J connectivity index is 2.16. The highest BCUT2D eigenvalue weighted by molar-refractivity contribution is 5.69. The summed E-state index contributed by atoms with van der Waals surface area (Å²) in [4.78, 5) is 11.2. The number of para-hydroxylation sites is 1. The maximum atomic E-state index is 11.2. The minimum Gasteiger partial charge on any atom is -0.493 e. The van der Waals surface area contributed by atoms with E-state index in [2.05, 4.69) is 11.4 Å². The summed E-state index contributed by atoms with van der Waals surface area (Å²) < 4.78 is 10.7. The molecule has 0 unspecified atom stereocenters. The first-order valence-electron chi connectivity index (χ1n) is 7.28. The normalized spacial score (nSPS) is 10.3. The first kappa shape index (κ1) is 16.5. The van der Waals surface area contributed by atoms with Crippen molar-refractivity contribution in [1.29, 1.82) is 0 Å². The van der Waals surface area contributed by atoms with Crippen molar-refractivity contribution in [3.05, 3.63) is 29.8 Å². The molecule has 0 spiro atoms. The van der Waals surface area contributed by atoms with E-state index >= 15 is 0 Å². The lowest BCUT2D eigenvalue weighted by Gasteiger charge is -2.11. The van der Waals surface area contributed by atoms with Crippen LogP contribution in [0.25, 0.3) is 0 Å². The summed E-state index contributed by atoms with van der Waals surface area (Å²) in [6.45, 7) is 3.78. The van der Waals surface area contributed by atoms with Gasteiger partial charge >= 0.3 is 5.97 Å². The summed E-state index contributed by atoms with van der Waals surface area (Å²) in [5.41, 5.74) is 1.17. The molecule has 1 N–H and O–H groups in total. The average Bonchev–Trinajstić information content (AvgIpc) is 2.45. The monoisotopic (exact) mass is 279 g/mol. The molecule has 20 heavy (non-hydrogen) atoms. The van der Waals surface area contributed by atoms with Crippen LogP contribution in [0.15, 0.2) is 24.3 Å². The third-order valence-electron chi connectivity index (χ3n) is 2.93. The highest BCUT2D eigenvalue weighted by Crippen LogP contribution is 2.18. The van der Waals surface area contributed by atoms with E-state index in [-0.39, 0.29) is 5.97 Å². The molecular weight excluding hydrogens is 254 g/mol. The second kappa shape index (κ2) is 10.3. The van der Waals surface area contributed by atoms with Crippen molar-refractivity contribution in [2.75, 3.05) is 20.3 Å². The van der Waals surface area contributed by atoms with Gasteiger partial charge in [-0.15, -0.1) is 0 Å². The summed E-state index contributed by atoms with van der Waals surface area (Å²) in [5.74, 6) is 0.833. The van der Waals surface area contributed by atoms with E-state index in [0.717, 1.165) is 31.6 Å². The standard InChI is InChI=1S/C16H25NO3/c1-3-19-16(18)11-5-4-8-12-20-15-10-7-6-9-14(15)13-17-2/h6-7,9-10,17H,3-5,8,11-13H2,1-2H3. The topological polar surface area (TPSA) is 47.6 Å². The lowest BCUT2D eigenvalue weighted by atomic mass is 10.2. The summed E-state index contributed by atoms with van der Waals surface area (Å²) in [5, 5.41) is 3.13. The first-order valence-corrected chi connectivity index (χ1v) is 7.28. The molecule has 0 aliphatic heterocycles. The number of carbonyl (C=O) groups excluding carboxylic acids is 1. The molecule has 0 atom stereocenters. The van der Waals surface area contributed by atoms with E-state index in [9.17, 15) is 4.79 Å². The quantitative estimate of drug-likeness (QED) is 0.528. The zero-order valence-electron chi connectivity index (χ0n) is 12.5. The molecule has 0 fully saturated rings. The molecule has 0 aliphatic carbocycles. The molecule has 1 rings (SSSR count). The van der Waals surface area contributed by atoms with Crippen LogP contribution in [0.3, 0.4) is 0 Å². The molecule has 0 amide bonds. The lowest BCUT2D eigenvalue weighted by molar-refractivity contribution is -0.143. The predicted molar refractivity (Wildman–Crippen MR) is 79.8 cm³/mol. The number of nitrogens with one attached hydrogen (secondary N) is 1. The zero-order chi connectivity index (χ0) is 14.6. The molecule has 0 aromatic heterocycles. The molecule has 0 radical (unpaired) electrons.